The van der Waals surface area contributed by atoms with Crippen LogP contribution < -0.4 is 0 Å². The Hall–Kier alpha value is -2.24. The standard InChI is InChI=1S/C23H29N5/c1-2-8-20(9-3-1)22-15-25-28-17-19(14-24-23(22)28)16-27-13-5-4-10-21(27)18-26-11-6-7-12-26/h1-3,8-9,14-15,17,21H,4-7,10-13,16,18H2/t21-/m0/s1. The van der Waals surface area contributed by atoms with Gasteiger partial charge in [-0.05, 0) is 50.9 Å². The van der Waals surface area contributed by atoms with E-state index in [1.54, 1.807) is 0 Å². The number of hydrogen-bond acceptors (Lipinski definition) is 4. The first-order chi connectivity index (χ1) is 13.9. The van der Waals surface area contributed by atoms with E-state index in [9.17, 15) is 0 Å². The smallest absolute Gasteiger partial charge is 0.162 e. The first-order valence-electron chi connectivity index (χ1n) is 10.7. The van der Waals surface area contributed by atoms with Crippen molar-refractivity contribution in [3.63, 3.8) is 0 Å². The second kappa shape index (κ2) is 8.02. The SMILES string of the molecule is c1ccc(-c2cnn3cc(CN4CCCC[C@H]4CN4CCCC4)cnc23)cc1. The molecule has 2 aromatic heterocycles. The van der Waals surface area contributed by atoms with Gasteiger partial charge in [0.15, 0.2) is 5.65 Å². The first kappa shape index (κ1) is 17.8. The normalized spacial score (nSPS) is 21.5. The Bertz CT molecular complexity index is 913. The molecule has 4 heterocycles. The van der Waals surface area contributed by atoms with Crippen LogP contribution in [0.2, 0.25) is 0 Å². The summed E-state index contributed by atoms with van der Waals surface area (Å²) in [5.74, 6) is 0. The molecule has 0 radical (unpaired) electrons. The predicted molar refractivity (Wildman–Crippen MR) is 112 cm³/mol. The molecule has 2 saturated heterocycles. The van der Waals surface area contributed by atoms with E-state index in [2.05, 4.69) is 45.4 Å². The molecule has 5 heteroatoms. The number of benzene rings is 1. The molecule has 5 rings (SSSR count). The van der Waals surface area contributed by atoms with Crippen LogP contribution in [-0.2, 0) is 6.54 Å². The molecule has 0 N–H and O–H groups in total. The van der Waals surface area contributed by atoms with Gasteiger partial charge >= 0.3 is 0 Å². The molecule has 0 amide bonds. The minimum Gasteiger partial charge on any atom is -0.302 e. The third-order valence-corrected chi connectivity index (χ3v) is 6.30. The molecular weight excluding hydrogens is 346 g/mol. The fraction of sp³-hybridized carbons (Fsp3) is 0.478. The number of aromatic nitrogens is 3. The van der Waals surface area contributed by atoms with Gasteiger partial charge < -0.3 is 4.90 Å². The zero-order valence-electron chi connectivity index (χ0n) is 16.5. The molecule has 1 atom stereocenters. The lowest BCUT2D eigenvalue weighted by Crippen LogP contribution is -2.45. The fourth-order valence-electron chi connectivity index (χ4n) is 4.79. The van der Waals surface area contributed by atoms with E-state index in [1.165, 1.54) is 69.4 Å². The maximum Gasteiger partial charge on any atom is 0.162 e. The summed E-state index contributed by atoms with van der Waals surface area (Å²) in [6, 6.07) is 11.1. The van der Waals surface area contributed by atoms with E-state index in [4.69, 9.17) is 4.98 Å². The molecule has 3 aromatic rings. The Labute approximate surface area is 167 Å². The number of rotatable bonds is 5. The van der Waals surface area contributed by atoms with E-state index in [0.29, 0.717) is 6.04 Å². The van der Waals surface area contributed by atoms with Gasteiger partial charge in [-0.25, -0.2) is 9.50 Å². The lowest BCUT2D eigenvalue weighted by molar-refractivity contribution is 0.106. The van der Waals surface area contributed by atoms with Crippen molar-refractivity contribution in [1.29, 1.82) is 0 Å². The summed E-state index contributed by atoms with van der Waals surface area (Å²) in [4.78, 5) is 10.1. The molecule has 146 valence electrons. The van der Waals surface area contributed by atoms with Crippen LogP contribution in [0.1, 0.15) is 37.7 Å². The molecule has 1 aromatic carbocycles. The highest BCUT2D eigenvalue weighted by Crippen LogP contribution is 2.25. The van der Waals surface area contributed by atoms with Gasteiger partial charge in [0.1, 0.15) is 0 Å². The van der Waals surface area contributed by atoms with Gasteiger partial charge in [0.25, 0.3) is 0 Å². The molecule has 2 aliphatic heterocycles. The van der Waals surface area contributed by atoms with Crippen LogP contribution in [0, 0.1) is 0 Å². The van der Waals surface area contributed by atoms with Crippen molar-refractivity contribution < 1.29 is 0 Å². The van der Waals surface area contributed by atoms with Crippen LogP contribution >= 0.6 is 0 Å². The van der Waals surface area contributed by atoms with Gasteiger partial charge in [0.2, 0.25) is 0 Å². The van der Waals surface area contributed by atoms with Crippen molar-refractivity contribution in [2.24, 2.45) is 0 Å². The number of likely N-dealkylation sites (tertiary alicyclic amines) is 2. The Kier molecular flexibility index (Phi) is 5.10. The number of fused-ring (bicyclic) bond motifs is 1. The Balaban J connectivity index is 1.34. The quantitative estimate of drug-likeness (QED) is 0.679. The molecular formula is C23H29N5. The zero-order chi connectivity index (χ0) is 18.8. The monoisotopic (exact) mass is 375 g/mol. The predicted octanol–water partition coefficient (Wildman–Crippen LogP) is 3.85. The minimum atomic E-state index is 0.681. The van der Waals surface area contributed by atoms with Gasteiger partial charge in [-0.15, -0.1) is 0 Å². The summed E-state index contributed by atoms with van der Waals surface area (Å²) in [5, 5.41) is 4.58. The Morgan fingerprint density at radius 1 is 0.929 bits per heavy atom. The highest BCUT2D eigenvalue weighted by Gasteiger charge is 2.26. The molecule has 0 saturated carbocycles. The summed E-state index contributed by atoms with van der Waals surface area (Å²) < 4.78 is 1.94. The number of hydrogen-bond donors (Lipinski definition) is 0. The van der Waals surface area contributed by atoms with Crippen LogP contribution in [-0.4, -0.2) is 56.6 Å². The van der Waals surface area contributed by atoms with Gasteiger partial charge in [-0.3, -0.25) is 4.90 Å². The fourth-order valence-corrected chi connectivity index (χ4v) is 4.79. The number of piperidine rings is 1. The average molecular weight is 376 g/mol. The lowest BCUT2D eigenvalue weighted by atomic mass is 10.0. The molecule has 2 fully saturated rings. The molecule has 2 aliphatic rings. The van der Waals surface area contributed by atoms with Crippen molar-refractivity contribution in [2.75, 3.05) is 26.2 Å². The highest BCUT2D eigenvalue weighted by molar-refractivity contribution is 5.76. The van der Waals surface area contributed by atoms with E-state index in [-0.39, 0.29) is 0 Å². The van der Waals surface area contributed by atoms with Crippen molar-refractivity contribution in [3.05, 3.63) is 54.5 Å². The second-order valence-corrected chi connectivity index (χ2v) is 8.28. The Morgan fingerprint density at radius 3 is 2.61 bits per heavy atom. The summed E-state index contributed by atoms with van der Waals surface area (Å²) in [5.41, 5.74) is 4.45. The van der Waals surface area contributed by atoms with Gasteiger partial charge in [0, 0.05) is 42.7 Å². The third kappa shape index (κ3) is 3.69. The van der Waals surface area contributed by atoms with Crippen LogP contribution in [0.4, 0.5) is 0 Å². The van der Waals surface area contributed by atoms with Crippen LogP contribution in [0.5, 0.6) is 0 Å². The van der Waals surface area contributed by atoms with Crippen LogP contribution in [0.15, 0.2) is 48.9 Å². The summed E-state index contributed by atoms with van der Waals surface area (Å²) in [7, 11) is 0. The molecule has 28 heavy (non-hydrogen) atoms. The first-order valence-corrected chi connectivity index (χ1v) is 10.7. The zero-order valence-corrected chi connectivity index (χ0v) is 16.5. The molecule has 0 unspecified atom stereocenters. The average Bonchev–Trinajstić information content (AvgIpc) is 3.40. The third-order valence-electron chi connectivity index (χ3n) is 6.30. The minimum absolute atomic E-state index is 0.681. The van der Waals surface area contributed by atoms with Crippen LogP contribution in [0.25, 0.3) is 16.8 Å². The summed E-state index contributed by atoms with van der Waals surface area (Å²) in [6.07, 6.45) is 12.9. The maximum absolute atomic E-state index is 4.77. The van der Waals surface area contributed by atoms with Crippen molar-refractivity contribution in [3.8, 4) is 11.1 Å². The van der Waals surface area contributed by atoms with E-state index in [1.807, 2.05) is 23.0 Å². The molecule has 0 spiro atoms. The molecule has 0 bridgehead atoms. The van der Waals surface area contributed by atoms with Gasteiger partial charge in [0.05, 0.1) is 6.20 Å². The largest absolute Gasteiger partial charge is 0.302 e. The summed E-state index contributed by atoms with van der Waals surface area (Å²) >= 11 is 0. The maximum atomic E-state index is 4.77. The lowest BCUT2D eigenvalue weighted by Gasteiger charge is -2.37. The van der Waals surface area contributed by atoms with Gasteiger partial charge in [-0.1, -0.05) is 36.8 Å². The summed E-state index contributed by atoms with van der Waals surface area (Å²) in [6.45, 7) is 5.98. The number of nitrogens with zero attached hydrogens (tertiary/aromatic N) is 5. The second-order valence-electron chi connectivity index (χ2n) is 8.28. The molecule has 5 nitrogen and oxygen atoms in total. The Morgan fingerprint density at radius 2 is 1.75 bits per heavy atom. The van der Waals surface area contributed by atoms with Crippen LogP contribution in [0.3, 0.4) is 0 Å². The highest BCUT2D eigenvalue weighted by atomic mass is 15.3. The van der Waals surface area contributed by atoms with Gasteiger partial charge in [-0.2, -0.15) is 5.10 Å². The van der Waals surface area contributed by atoms with Crippen molar-refractivity contribution >= 4 is 5.65 Å². The topological polar surface area (TPSA) is 36.7 Å². The van der Waals surface area contributed by atoms with Crippen molar-refractivity contribution in [2.45, 2.75) is 44.7 Å². The van der Waals surface area contributed by atoms with E-state index in [0.717, 1.165) is 17.8 Å². The van der Waals surface area contributed by atoms with Crippen molar-refractivity contribution in [1.82, 2.24) is 24.4 Å². The van der Waals surface area contributed by atoms with E-state index >= 15 is 0 Å². The van der Waals surface area contributed by atoms with E-state index < -0.39 is 0 Å². The molecule has 0 aliphatic carbocycles.